The lowest BCUT2D eigenvalue weighted by atomic mass is 9.92. The summed E-state index contributed by atoms with van der Waals surface area (Å²) in [6, 6.07) is 7.02. The number of piperidine rings is 2. The van der Waals surface area contributed by atoms with Crippen LogP contribution in [0, 0.1) is 11.7 Å². The number of anilines is 2. The molecule has 5 amide bonds. The zero-order chi connectivity index (χ0) is 39.9. The first kappa shape index (κ1) is 36.1. The molecule has 18 heteroatoms. The second-order valence-corrected chi connectivity index (χ2v) is 16.0. The van der Waals surface area contributed by atoms with Gasteiger partial charge in [0.1, 0.15) is 17.4 Å². The molecule has 2 aromatic carbocycles. The summed E-state index contributed by atoms with van der Waals surface area (Å²) in [6.45, 7) is 1.76. The highest BCUT2D eigenvalue weighted by atomic mass is 19.1. The molecule has 0 radical (unpaired) electrons. The van der Waals surface area contributed by atoms with E-state index in [1.165, 1.54) is 23.2 Å². The molecule has 58 heavy (non-hydrogen) atoms. The highest BCUT2D eigenvalue weighted by Gasteiger charge is 2.49. The van der Waals surface area contributed by atoms with Crippen molar-refractivity contribution in [3.8, 4) is 5.75 Å². The number of carbonyl (C=O) groups excluding carboxylic acids is 5. The van der Waals surface area contributed by atoms with Gasteiger partial charge in [-0.05, 0) is 62.3 Å². The van der Waals surface area contributed by atoms with Crippen LogP contribution in [-0.2, 0) is 9.59 Å². The number of alkyl halides is 1. The molecule has 5 aromatic rings. The van der Waals surface area contributed by atoms with Crippen molar-refractivity contribution < 1.29 is 37.5 Å². The highest BCUT2D eigenvalue weighted by Crippen LogP contribution is 2.40. The summed E-state index contributed by atoms with van der Waals surface area (Å²) in [7, 11) is 0. The number of ether oxygens (including phenoxy) is 1. The number of halogens is 2. The Labute approximate surface area is 329 Å². The molecule has 2 N–H and O–H groups in total. The normalized spacial score (nSPS) is 21.1. The number of benzene rings is 2. The van der Waals surface area contributed by atoms with Crippen molar-refractivity contribution >= 4 is 57.5 Å². The average Bonchev–Trinajstić information content (AvgIpc) is 3.68. The van der Waals surface area contributed by atoms with E-state index in [9.17, 15) is 24.0 Å². The Kier molecular flexibility index (Phi) is 8.50. The number of rotatable bonds is 10. The summed E-state index contributed by atoms with van der Waals surface area (Å²) in [5.74, 6) is -3.28. The van der Waals surface area contributed by atoms with Gasteiger partial charge < -0.3 is 15.0 Å². The lowest BCUT2D eigenvalue weighted by Gasteiger charge is -2.48. The maximum atomic E-state index is 16.1. The van der Waals surface area contributed by atoms with Crippen LogP contribution in [0.15, 0.2) is 55.1 Å². The minimum Gasteiger partial charge on any atom is -0.491 e. The molecule has 0 bridgehead atoms. The highest BCUT2D eigenvalue weighted by molar-refractivity contribution is 6.24. The van der Waals surface area contributed by atoms with Crippen molar-refractivity contribution in [2.75, 3.05) is 49.5 Å². The number of fused-ring (bicyclic) bond motifs is 3. The van der Waals surface area contributed by atoms with Crippen LogP contribution in [0.3, 0.4) is 0 Å². The quantitative estimate of drug-likeness (QED) is 0.198. The van der Waals surface area contributed by atoms with E-state index in [2.05, 4.69) is 25.6 Å². The minimum absolute atomic E-state index is 0.0130. The van der Waals surface area contributed by atoms with Crippen LogP contribution < -0.4 is 20.3 Å². The zero-order valence-electron chi connectivity index (χ0n) is 31.2. The van der Waals surface area contributed by atoms with Crippen molar-refractivity contribution in [2.45, 2.75) is 56.3 Å². The van der Waals surface area contributed by atoms with Crippen molar-refractivity contribution in [1.82, 2.24) is 39.5 Å². The molecule has 1 aliphatic carbocycles. The van der Waals surface area contributed by atoms with Gasteiger partial charge in [0, 0.05) is 56.1 Å². The van der Waals surface area contributed by atoms with Crippen LogP contribution in [0.4, 0.5) is 20.2 Å². The molecule has 1 atom stereocenters. The van der Waals surface area contributed by atoms with Gasteiger partial charge in [0.15, 0.2) is 17.1 Å². The Morgan fingerprint density at radius 3 is 2.62 bits per heavy atom. The van der Waals surface area contributed by atoms with E-state index in [4.69, 9.17) is 9.84 Å². The van der Waals surface area contributed by atoms with E-state index in [1.54, 1.807) is 23.0 Å². The smallest absolute Gasteiger partial charge is 0.265 e. The summed E-state index contributed by atoms with van der Waals surface area (Å²) in [4.78, 5) is 72.4. The minimum atomic E-state index is -1.62. The Hall–Kier alpha value is -6.30. The molecule has 4 aliphatic heterocycles. The van der Waals surface area contributed by atoms with Gasteiger partial charge in [-0.3, -0.25) is 43.8 Å². The van der Waals surface area contributed by atoms with Gasteiger partial charge >= 0.3 is 0 Å². The summed E-state index contributed by atoms with van der Waals surface area (Å²) in [5.41, 5.74) is -0.170. The number of imide groups is 2. The van der Waals surface area contributed by atoms with Crippen LogP contribution in [-0.4, -0.2) is 115 Å². The SMILES string of the molecule is O=C1CCC(N2C(=O)c3ccc(N4CC(F)(CN5CCC(n6cc7cc(NC(=O)c8cnn9cccnc89)c(OCC8CC8)cc7n6)CC5)C4)c(F)c3C2=O)C(=O)N1. The molecule has 0 spiro atoms. The number of hydrogen-bond donors (Lipinski definition) is 2. The predicted octanol–water partition coefficient (Wildman–Crippen LogP) is 3.53. The molecule has 7 heterocycles. The van der Waals surface area contributed by atoms with Gasteiger partial charge in [0.25, 0.3) is 17.7 Å². The third-order valence-corrected chi connectivity index (χ3v) is 11.8. The molecular weight excluding hydrogens is 754 g/mol. The number of nitrogens with zero attached hydrogens (tertiary/aromatic N) is 8. The number of likely N-dealkylation sites (tertiary alicyclic amines) is 1. The van der Waals surface area contributed by atoms with E-state index in [0.717, 1.165) is 36.6 Å². The van der Waals surface area contributed by atoms with E-state index < -0.39 is 46.7 Å². The number of carbonyl (C=O) groups is 5. The molecule has 3 saturated heterocycles. The van der Waals surface area contributed by atoms with Crippen LogP contribution in [0.1, 0.15) is 75.6 Å². The van der Waals surface area contributed by atoms with E-state index >= 15 is 8.78 Å². The Morgan fingerprint density at radius 1 is 1.03 bits per heavy atom. The first-order chi connectivity index (χ1) is 28.0. The van der Waals surface area contributed by atoms with Crippen LogP contribution in [0.2, 0.25) is 0 Å². The molecule has 16 nitrogen and oxygen atoms in total. The maximum absolute atomic E-state index is 16.1. The van der Waals surface area contributed by atoms with Crippen molar-refractivity contribution in [3.05, 3.63) is 77.6 Å². The lowest BCUT2D eigenvalue weighted by molar-refractivity contribution is -0.136. The fourth-order valence-corrected chi connectivity index (χ4v) is 8.55. The first-order valence-electron chi connectivity index (χ1n) is 19.5. The summed E-state index contributed by atoms with van der Waals surface area (Å²) >= 11 is 0. The molecule has 5 aliphatic rings. The van der Waals surface area contributed by atoms with Gasteiger partial charge in [-0.1, -0.05) is 0 Å². The average molecular weight is 793 g/mol. The second kappa shape index (κ2) is 13.7. The number of amides is 5. The van der Waals surface area contributed by atoms with Crippen molar-refractivity contribution in [1.29, 1.82) is 0 Å². The first-order valence-corrected chi connectivity index (χ1v) is 19.5. The van der Waals surface area contributed by atoms with Crippen molar-refractivity contribution in [3.63, 3.8) is 0 Å². The van der Waals surface area contributed by atoms with Crippen LogP contribution in [0.5, 0.6) is 5.75 Å². The Bertz CT molecular complexity index is 2560. The van der Waals surface area contributed by atoms with E-state index in [1.807, 2.05) is 23.0 Å². The van der Waals surface area contributed by atoms with Gasteiger partial charge in [0.05, 0.1) is 60.0 Å². The standard InChI is InChI=1S/C40H38F2N10O6/c41-34-29(5-4-25-33(34)39(57)52(38(25)56)30-6-7-32(53)46-37(30)55)49-20-40(42,21-49)19-48-12-8-24(9-13-48)51-17-23-14-28(31(15-27(23)47-51)58-18-22-2-3-22)45-36(54)26-16-44-50-11-1-10-43-35(26)50/h1,4-5,10-11,14-17,22,24,30H,2-3,6-9,12-13,18-21H2,(H,45,54)(H,46,53,55). The fraction of sp³-hybridized carbons (Fsp3) is 0.400. The maximum Gasteiger partial charge on any atom is 0.265 e. The largest absolute Gasteiger partial charge is 0.491 e. The number of aromatic nitrogens is 5. The van der Waals surface area contributed by atoms with E-state index in [-0.39, 0.29) is 55.7 Å². The molecular formula is C40H38F2N10O6. The van der Waals surface area contributed by atoms with Gasteiger partial charge in [0.2, 0.25) is 11.8 Å². The molecule has 10 rings (SSSR count). The Morgan fingerprint density at radius 2 is 1.84 bits per heavy atom. The summed E-state index contributed by atoms with van der Waals surface area (Å²) < 4.78 is 41.6. The van der Waals surface area contributed by atoms with Crippen molar-refractivity contribution in [2.24, 2.45) is 5.92 Å². The third kappa shape index (κ3) is 6.31. The lowest BCUT2D eigenvalue weighted by Crippen LogP contribution is -2.64. The van der Waals surface area contributed by atoms with Gasteiger partial charge in [-0.25, -0.2) is 18.3 Å². The topological polar surface area (TPSA) is 176 Å². The number of nitrogens with one attached hydrogen (secondary N) is 2. The zero-order valence-corrected chi connectivity index (χ0v) is 31.2. The molecule has 1 saturated carbocycles. The summed E-state index contributed by atoms with van der Waals surface area (Å²) in [5, 5.41) is 15.1. The number of hydrogen-bond acceptors (Lipinski definition) is 11. The molecule has 4 fully saturated rings. The fourth-order valence-electron chi connectivity index (χ4n) is 8.55. The van der Waals surface area contributed by atoms with Gasteiger partial charge in [-0.2, -0.15) is 10.2 Å². The van der Waals surface area contributed by atoms with E-state index in [0.29, 0.717) is 53.2 Å². The van der Waals surface area contributed by atoms with Gasteiger partial charge in [-0.15, -0.1) is 0 Å². The second-order valence-electron chi connectivity index (χ2n) is 16.0. The molecule has 1 unspecified atom stereocenters. The Balaban J connectivity index is 0.780. The molecule has 3 aromatic heterocycles. The predicted molar refractivity (Wildman–Crippen MR) is 203 cm³/mol. The third-order valence-electron chi connectivity index (χ3n) is 11.8. The molecule has 298 valence electrons. The monoisotopic (exact) mass is 792 g/mol. The summed E-state index contributed by atoms with van der Waals surface area (Å²) in [6.07, 6.45) is 10.4. The van der Waals surface area contributed by atoms with Crippen LogP contribution in [0.25, 0.3) is 16.6 Å². The van der Waals surface area contributed by atoms with Crippen LogP contribution >= 0.6 is 0 Å².